The first-order valence-corrected chi connectivity index (χ1v) is 11.7. The standard InChI is InChI=1S/C15H13NOS.C9H16N2O2/c1-11-7-9-12(10-8-11)17-15-16-13-5-3-2-4-6-14(13)18-15;12-8-5-9(13)11(6-8)7-1-3-10-4-2-7/h2-4,6-10H,5H2,1H3;7-8,10,12H,1-6H2. The molecule has 1 aliphatic carbocycles. The van der Waals surface area contributed by atoms with Gasteiger partial charge in [0.05, 0.1) is 23.1 Å². The maximum absolute atomic E-state index is 11.4. The predicted molar refractivity (Wildman–Crippen MR) is 123 cm³/mol. The molecule has 2 N–H and O–H groups in total. The van der Waals surface area contributed by atoms with Gasteiger partial charge in [0.15, 0.2) is 0 Å². The van der Waals surface area contributed by atoms with E-state index in [2.05, 4.69) is 35.5 Å². The highest BCUT2D eigenvalue weighted by molar-refractivity contribution is 7.14. The number of aromatic nitrogens is 1. The lowest BCUT2D eigenvalue weighted by Crippen LogP contribution is -2.44. The molecule has 1 amide bonds. The minimum absolute atomic E-state index is 0.124. The smallest absolute Gasteiger partial charge is 0.279 e. The van der Waals surface area contributed by atoms with E-state index < -0.39 is 6.10 Å². The Morgan fingerprint density at radius 3 is 2.68 bits per heavy atom. The van der Waals surface area contributed by atoms with Gasteiger partial charge >= 0.3 is 0 Å². The van der Waals surface area contributed by atoms with E-state index in [1.807, 2.05) is 35.2 Å². The summed E-state index contributed by atoms with van der Waals surface area (Å²) in [5, 5.41) is 13.3. The van der Waals surface area contributed by atoms with Gasteiger partial charge in [-0.1, -0.05) is 47.3 Å². The highest BCUT2D eigenvalue weighted by atomic mass is 32.1. The van der Waals surface area contributed by atoms with Crippen molar-refractivity contribution in [2.24, 2.45) is 0 Å². The second-order valence-electron chi connectivity index (χ2n) is 8.08. The number of β-amino-alcohol motifs (C(OH)–C–C–N with tert-alkyl or cyclic N) is 1. The van der Waals surface area contributed by atoms with Gasteiger partial charge in [-0.25, -0.2) is 4.98 Å². The summed E-state index contributed by atoms with van der Waals surface area (Å²) in [6.07, 6.45) is 11.1. The first-order valence-electron chi connectivity index (χ1n) is 10.8. The Morgan fingerprint density at radius 1 is 1.19 bits per heavy atom. The summed E-state index contributed by atoms with van der Waals surface area (Å²) in [7, 11) is 0. The Labute approximate surface area is 187 Å². The Hall–Kier alpha value is -2.48. The average Bonchev–Trinajstić information content (AvgIpc) is 3.24. The van der Waals surface area contributed by atoms with Crippen LogP contribution in [0.4, 0.5) is 0 Å². The number of benzene rings is 1. The van der Waals surface area contributed by atoms with Gasteiger partial charge in [-0.3, -0.25) is 4.79 Å². The minimum Gasteiger partial charge on any atom is -0.431 e. The zero-order valence-corrected chi connectivity index (χ0v) is 18.6. The Kier molecular flexibility index (Phi) is 7.17. The molecule has 2 aromatic rings. The zero-order chi connectivity index (χ0) is 21.6. The van der Waals surface area contributed by atoms with E-state index in [4.69, 9.17) is 4.74 Å². The molecular weight excluding hydrogens is 410 g/mol. The largest absolute Gasteiger partial charge is 0.431 e. The SMILES string of the molecule is Cc1ccc(Oc2nc3c(s2)C=CC=CC3)cc1.O=C1CC(O)CN1C1CCNCC1. The van der Waals surface area contributed by atoms with Crippen molar-refractivity contribution < 1.29 is 14.6 Å². The molecule has 2 fully saturated rings. The molecule has 6 nitrogen and oxygen atoms in total. The molecule has 5 rings (SSSR count). The van der Waals surface area contributed by atoms with Crippen molar-refractivity contribution in [2.45, 2.75) is 44.8 Å². The van der Waals surface area contributed by atoms with E-state index in [9.17, 15) is 9.90 Å². The number of nitrogens with zero attached hydrogens (tertiary/aromatic N) is 2. The van der Waals surface area contributed by atoms with Gasteiger partial charge in [0.2, 0.25) is 5.91 Å². The number of aliphatic hydroxyl groups is 1. The van der Waals surface area contributed by atoms with Gasteiger partial charge in [-0.2, -0.15) is 0 Å². The average molecular weight is 440 g/mol. The number of carbonyl (C=O) groups is 1. The van der Waals surface area contributed by atoms with E-state index >= 15 is 0 Å². The van der Waals surface area contributed by atoms with Crippen molar-refractivity contribution in [1.82, 2.24) is 15.2 Å². The number of rotatable bonds is 3. The molecule has 164 valence electrons. The molecule has 0 spiro atoms. The van der Waals surface area contributed by atoms with Crippen molar-refractivity contribution in [3.63, 3.8) is 0 Å². The molecule has 3 heterocycles. The Morgan fingerprint density at radius 2 is 1.97 bits per heavy atom. The second-order valence-corrected chi connectivity index (χ2v) is 9.08. The number of carbonyl (C=O) groups excluding carboxylic acids is 1. The van der Waals surface area contributed by atoms with E-state index in [-0.39, 0.29) is 5.91 Å². The van der Waals surface area contributed by atoms with Crippen LogP contribution in [-0.4, -0.2) is 52.7 Å². The molecule has 2 aliphatic heterocycles. The van der Waals surface area contributed by atoms with Crippen LogP contribution < -0.4 is 10.1 Å². The number of ether oxygens (including phenoxy) is 1. The summed E-state index contributed by atoms with van der Waals surface area (Å²) in [6.45, 7) is 4.59. The summed E-state index contributed by atoms with van der Waals surface area (Å²) >= 11 is 1.59. The van der Waals surface area contributed by atoms with Crippen LogP contribution in [0.1, 0.15) is 35.4 Å². The lowest BCUT2D eigenvalue weighted by atomic mass is 10.1. The minimum atomic E-state index is -0.428. The Bertz CT molecular complexity index is 945. The maximum atomic E-state index is 11.4. The molecule has 7 heteroatoms. The fourth-order valence-corrected chi connectivity index (χ4v) is 4.83. The zero-order valence-electron chi connectivity index (χ0n) is 17.8. The highest BCUT2D eigenvalue weighted by Crippen LogP contribution is 2.31. The van der Waals surface area contributed by atoms with Gasteiger partial charge in [0, 0.05) is 19.0 Å². The van der Waals surface area contributed by atoms with Gasteiger partial charge in [-0.15, -0.1) is 0 Å². The highest BCUT2D eigenvalue weighted by Gasteiger charge is 2.33. The molecule has 1 aromatic carbocycles. The lowest BCUT2D eigenvalue weighted by molar-refractivity contribution is -0.130. The van der Waals surface area contributed by atoms with Crippen molar-refractivity contribution in [1.29, 1.82) is 0 Å². The quantitative estimate of drug-likeness (QED) is 0.763. The first kappa shape index (κ1) is 21.7. The summed E-state index contributed by atoms with van der Waals surface area (Å²) in [5.41, 5.74) is 2.32. The molecule has 0 bridgehead atoms. The number of allylic oxidation sites excluding steroid dienone is 3. The third kappa shape index (κ3) is 5.81. The number of nitrogens with one attached hydrogen (secondary N) is 1. The van der Waals surface area contributed by atoms with E-state index in [0.29, 0.717) is 24.2 Å². The van der Waals surface area contributed by atoms with Crippen molar-refractivity contribution in [3.8, 4) is 10.9 Å². The van der Waals surface area contributed by atoms with Crippen LogP contribution in [-0.2, 0) is 11.2 Å². The number of hydrogen-bond donors (Lipinski definition) is 2. The summed E-state index contributed by atoms with van der Waals surface area (Å²) in [5.74, 6) is 0.962. The predicted octanol–water partition coefficient (Wildman–Crippen LogP) is 3.70. The van der Waals surface area contributed by atoms with E-state index in [0.717, 1.165) is 43.8 Å². The summed E-state index contributed by atoms with van der Waals surface area (Å²) < 4.78 is 5.78. The van der Waals surface area contributed by atoms with Crippen LogP contribution >= 0.6 is 11.3 Å². The van der Waals surface area contributed by atoms with Gasteiger partial charge in [0.1, 0.15) is 5.75 Å². The molecule has 0 radical (unpaired) electrons. The number of fused-ring (bicyclic) bond motifs is 1. The van der Waals surface area contributed by atoms with Crippen LogP contribution in [0.5, 0.6) is 10.9 Å². The molecule has 1 atom stereocenters. The lowest BCUT2D eigenvalue weighted by Gasteiger charge is -2.31. The molecule has 3 aliphatic rings. The summed E-state index contributed by atoms with van der Waals surface area (Å²) in [6, 6.07) is 8.38. The molecular formula is C24H29N3O3S. The molecule has 31 heavy (non-hydrogen) atoms. The number of aliphatic hydroxyl groups excluding tert-OH is 1. The van der Waals surface area contributed by atoms with Gasteiger partial charge in [-0.05, 0) is 51.1 Å². The third-order valence-corrected chi connectivity index (χ3v) is 6.57. The Balaban J connectivity index is 0.000000158. The van der Waals surface area contributed by atoms with Crippen LogP contribution in [0.15, 0.2) is 42.5 Å². The van der Waals surface area contributed by atoms with Crippen LogP contribution in [0, 0.1) is 6.92 Å². The van der Waals surface area contributed by atoms with E-state index in [1.165, 1.54) is 10.4 Å². The molecule has 2 saturated heterocycles. The van der Waals surface area contributed by atoms with Crippen LogP contribution in [0.3, 0.4) is 0 Å². The van der Waals surface area contributed by atoms with Crippen LogP contribution in [0.2, 0.25) is 0 Å². The third-order valence-electron chi connectivity index (χ3n) is 5.63. The number of likely N-dealkylation sites (tertiary alicyclic amines) is 1. The number of piperidine rings is 1. The summed E-state index contributed by atoms with van der Waals surface area (Å²) in [4.78, 5) is 19.0. The molecule has 1 aromatic heterocycles. The number of thiazole rings is 1. The van der Waals surface area contributed by atoms with Crippen LogP contribution in [0.25, 0.3) is 6.08 Å². The fraction of sp³-hybridized carbons (Fsp3) is 0.417. The number of hydrogen-bond acceptors (Lipinski definition) is 6. The van der Waals surface area contributed by atoms with Crippen molar-refractivity contribution >= 4 is 23.3 Å². The van der Waals surface area contributed by atoms with E-state index in [1.54, 1.807) is 11.3 Å². The van der Waals surface area contributed by atoms with Crippen molar-refractivity contribution in [2.75, 3.05) is 19.6 Å². The maximum Gasteiger partial charge on any atom is 0.279 e. The number of aryl methyl sites for hydroxylation is 1. The first-order chi connectivity index (χ1) is 15.1. The monoisotopic (exact) mass is 439 g/mol. The topological polar surface area (TPSA) is 74.7 Å². The molecule has 1 unspecified atom stereocenters. The number of amides is 1. The van der Waals surface area contributed by atoms with Crippen molar-refractivity contribution in [3.05, 3.63) is 58.6 Å². The second kappa shape index (κ2) is 10.2. The van der Waals surface area contributed by atoms with Gasteiger partial charge in [0.25, 0.3) is 5.19 Å². The van der Waals surface area contributed by atoms with Gasteiger partial charge < -0.3 is 20.1 Å². The fourth-order valence-electron chi connectivity index (χ4n) is 3.95. The molecule has 0 saturated carbocycles. The normalized spacial score (nSPS) is 20.8.